The van der Waals surface area contributed by atoms with E-state index < -0.39 is 0 Å². The molecule has 2 rings (SSSR count). The molecule has 4 heteroatoms. The molecule has 0 N–H and O–H groups in total. The summed E-state index contributed by atoms with van der Waals surface area (Å²) in [5, 5.41) is 0. The summed E-state index contributed by atoms with van der Waals surface area (Å²) < 4.78 is 7.53. The van der Waals surface area contributed by atoms with Crippen molar-refractivity contribution < 1.29 is 4.74 Å². The molecule has 0 radical (unpaired) electrons. The second-order valence-corrected chi connectivity index (χ2v) is 4.28. The normalized spacial score (nSPS) is 21.0. The molecular weight excluding hydrogens is 200 g/mol. The molecule has 0 atom stereocenters. The van der Waals surface area contributed by atoms with Crippen LogP contribution in [0.2, 0.25) is 0 Å². The number of nitrogens with zero attached hydrogens (tertiary/aromatic N) is 2. The lowest BCUT2D eigenvalue weighted by Crippen LogP contribution is -2.35. The Labute approximate surface area is 89.0 Å². The summed E-state index contributed by atoms with van der Waals surface area (Å²) in [6.45, 7) is 3.92. The van der Waals surface area contributed by atoms with Crippen LogP contribution in [0.4, 0.5) is 0 Å². The van der Waals surface area contributed by atoms with Crippen molar-refractivity contribution in [2.45, 2.75) is 31.2 Å². The first kappa shape index (κ1) is 9.99. The molecule has 0 saturated carbocycles. The molecule has 0 spiro atoms. The third kappa shape index (κ3) is 1.79. The highest BCUT2D eigenvalue weighted by Crippen LogP contribution is 2.28. The van der Waals surface area contributed by atoms with Gasteiger partial charge in [-0.2, -0.15) is 0 Å². The molecule has 78 valence electrons. The lowest BCUT2D eigenvalue weighted by Gasteiger charge is -2.34. The molecule has 1 aliphatic heterocycles. The molecule has 0 unspecified atom stereocenters. The van der Waals surface area contributed by atoms with Gasteiger partial charge in [0.05, 0.1) is 17.9 Å². The summed E-state index contributed by atoms with van der Waals surface area (Å²) in [5.74, 6) is 0.486. The molecule has 1 aliphatic rings. The molecule has 1 fully saturated rings. The fourth-order valence-electron chi connectivity index (χ4n) is 1.80. The smallest absolute Gasteiger partial charge is 0.0955 e. The van der Waals surface area contributed by atoms with Gasteiger partial charge in [0.1, 0.15) is 0 Å². The second kappa shape index (κ2) is 3.91. The number of alkyl halides is 1. The summed E-state index contributed by atoms with van der Waals surface area (Å²) in [4.78, 5) is 4.25. The molecule has 1 aromatic heterocycles. The second-order valence-electron chi connectivity index (χ2n) is 4.02. The lowest BCUT2D eigenvalue weighted by atomic mass is 9.92. The fourth-order valence-corrected chi connectivity index (χ4v) is 1.94. The SMILES string of the molecule is CC1(n2cnc(CCl)c2)CCOCC1. The monoisotopic (exact) mass is 214 g/mol. The van der Waals surface area contributed by atoms with E-state index in [0.717, 1.165) is 31.7 Å². The van der Waals surface area contributed by atoms with Crippen molar-refractivity contribution in [2.24, 2.45) is 0 Å². The third-order valence-corrected chi connectivity index (χ3v) is 3.24. The average Bonchev–Trinajstić information content (AvgIpc) is 2.67. The quantitative estimate of drug-likeness (QED) is 0.706. The summed E-state index contributed by atoms with van der Waals surface area (Å²) in [6, 6.07) is 0. The van der Waals surface area contributed by atoms with Crippen LogP contribution in [0.3, 0.4) is 0 Å². The molecule has 1 saturated heterocycles. The Morgan fingerprint density at radius 3 is 2.86 bits per heavy atom. The van der Waals surface area contributed by atoms with Gasteiger partial charge in [0.25, 0.3) is 0 Å². The van der Waals surface area contributed by atoms with Crippen LogP contribution in [0, 0.1) is 0 Å². The van der Waals surface area contributed by atoms with Gasteiger partial charge in [0.2, 0.25) is 0 Å². The average molecular weight is 215 g/mol. The van der Waals surface area contributed by atoms with E-state index in [1.807, 2.05) is 12.5 Å². The molecular formula is C10H15ClN2O. The summed E-state index contributed by atoms with van der Waals surface area (Å²) in [7, 11) is 0. The first-order valence-corrected chi connectivity index (χ1v) is 5.45. The van der Waals surface area contributed by atoms with Crippen LogP contribution in [0.1, 0.15) is 25.5 Å². The van der Waals surface area contributed by atoms with Gasteiger partial charge >= 0.3 is 0 Å². The lowest BCUT2D eigenvalue weighted by molar-refractivity contribution is 0.0294. The minimum absolute atomic E-state index is 0.162. The molecule has 0 amide bonds. The van der Waals surface area contributed by atoms with Crippen molar-refractivity contribution in [1.82, 2.24) is 9.55 Å². The van der Waals surface area contributed by atoms with Gasteiger partial charge in [-0.05, 0) is 19.8 Å². The van der Waals surface area contributed by atoms with Gasteiger partial charge in [-0.3, -0.25) is 0 Å². The van der Waals surface area contributed by atoms with E-state index in [1.54, 1.807) is 0 Å². The number of ether oxygens (including phenoxy) is 1. The maximum atomic E-state index is 5.72. The van der Waals surface area contributed by atoms with Crippen molar-refractivity contribution in [3.8, 4) is 0 Å². The Hall–Kier alpha value is -0.540. The van der Waals surface area contributed by atoms with Gasteiger partial charge in [-0.25, -0.2) is 4.98 Å². The van der Waals surface area contributed by atoms with Gasteiger partial charge in [0.15, 0.2) is 0 Å². The van der Waals surface area contributed by atoms with Gasteiger partial charge in [-0.1, -0.05) is 0 Å². The first-order chi connectivity index (χ1) is 6.74. The standard InChI is InChI=1S/C10H15ClN2O/c1-10(2-4-14-5-3-10)13-7-9(6-11)12-8-13/h7-8H,2-6H2,1H3. The van der Waals surface area contributed by atoms with Gasteiger partial charge in [-0.15, -0.1) is 11.6 Å². The number of hydrogen-bond donors (Lipinski definition) is 0. The van der Waals surface area contributed by atoms with Crippen molar-refractivity contribution >= 4 is 11.6 Å². The minimum Gasteiger partial charge on any atom is -0.381 e. The Balaban J connectivity index is 2.19. The number of rotatable bonds is 2. The van der Waals surface area contributed by atoms with Gasteiger partial charge < -0.3 is 9.30 Å². The Kier molecular flexibility index (Phi) is 2.79. The van der Waals surface area contributed by atoms with Crippen LogP contribution >= 0.6 is 11.6 Å². The molecule has 0 bridgehead atoms. The van der Waals surface area contributed by atoms with Crippen LogP contribution in [-0.2, 0) is 16.2 Å². The fraction of sp³-hybridized carbons (Fsp3) is 0.700. The van der Waals surface area contributed by atoms with Crippen LogP contribution < -0.4 is 0 Å². The van der Waals surface area contributed by atoms with Crippen molar-refractivity contribution in [3.05, 3.63) is 18.2 Å². The zero-order valence-electron chi connectivity index (χ0n) is 8.37. The Morgan fingerprint density at radius 1 is 1.57 bits per heavy atom. The van der Waals surface area contributed by atoms with Gasteiger partial charge in [0, 0.05) is 24.9 Å². The van der Waals surface area contributed by atoms with E-state index in [4.69, 9.17) is 16.3 Å². The highest BCUT2D eigenvalue weighted by atomic mass is 35.5. The largest absolute Gasteiger partial charge is 0.381 e. The van der Waals surface area contributed by atoms with E-state index in [9.17, 15) is 0 Å². The van der Waals surface area contributed by atoms with Crippen LogP contribution in [0.5, 0.6) is 0 Å². The molecule has 3 nitrogen and oxygen atoms in total. The van der Waals surface area contributed by atoms with E-state index >= 15 is 0 Å². The zero-order valence-corrected chi connectivity index (χ0v) is 9.13. The van der Waals surface area contributed by atoms with Crippen molar-refractivity contribution in [1.29, 1.82) is 0 Å². The molecule has 2 heterocycles. The van der Waals surface area contributed by atoms with Crippen LogP contribution in [0.15, 0.2) is 12.5 Å². The number of imidazole rings is 1. The van der Waals surface area contributed by atoms with Crippen LogP contribution in [0.25, 0.3) is 0 Å². The predicted molar refractivity (Wildman–Crippen MR) is 55.5 cm³/mol. The Morgan fingerprint density at radius 2 is 2.29 bits per heavy atom. The highest BCUT2D eigenvalue weighted by molar-refractivity contribution is 6.16. The summed E-state index contributed by atoms with van der Waals surface area (Å²) in [5.41, 5.74) is 1.11. The first-order valence-electron chi connectivity index (χ1n) is 4.92. The zero-order chi connectivity index (χ0) is 10.0. The van der Waals surface area contributed by atoms with E-state index in [-0.39, 0.29) is 5.54 Å². The maximum Gasteiger partial charge on any atom is 0.0955 e. The minimum atomic E-state index is 0.162. The van der Waals surface area contributed by atoms with Crippen molar-refractivity contribution in [2.75, 3.05) is 13.2 Å². The molecule has 0 aromatic carbocycles. The molecule has 0 aliphatic carbocycles. The number of halogens is 1. The van der Waals surface area contributed by atoms with E-state index in [0.29, 0.717) is 5.88 Å². The summed E-state index contributed by atoms with van der Waals surface area (Å²) in [6.07, 6.45) is 6.01. The third-order valence-electron chi connectivity index (χ3n) is 2.97. The topological polar surface area (TPSA) is 27.1 Å². The van der Waals surface area contributed by atoms with Crippen molar-refractivity contribution in [3.63, 3.8) is 0 Å². The van der Waals surface area contributed by atoms with E-state index in [2.05, 4.69) is 16.5 Å². The van der Waals surface area contributed by atoms with Crippen LogP contribution in [-0.4, -0.2) is 22.8 Å². The van der Waals surface area contributed by atoms with E-state index in [1.165, 1.54) is 0 Å². The Bertz CT molecular complexity index is 305. The number of hydrogen-bond acceptors (Lipinski definition) is 2. The summed E-state index contributed by atoms with van der Waals surface area (Å²) >= 11 is 5.72. The predicted octanol–water partition coefficient (Wildman–Crippen LogP) is 2.15. The maximum absolute atomic E-state index is 5.72. The molecule has 14 heavy (non-hydrogen) atoms. The highest BCUT2D eigenvalue weighted by Gasteiger charge is 2.28. The molecule has 1 aromatic rings. The number of aromatic nitrogens is 2.